The normalized spacial score (nSPS) is 15.7. The number of primary amides is 1. The van der Waals surface area contributed by atoms with Gasteiger partial charge in [-0.2, -0.15) is 0 Å². The van der Waals surface area contributed by atoms with Gasteiger partial charge in [0.15, 0.2) is 0 Å². The van der Waals surface area contributed by atoms with Crippen molar-refractivity contribution in [1.82, 2.24) is 9.97 Å². The Balaban J connectivity index is 1.63. The fourth-order valence-corrected chi connectivity index (χ4v) is 3.74. The molecule has 2 heterocycles. The monoisotopic (exact) mass is 360 g/mol. The highest BCUT2D eigenvalue weighted by atomic mass is 16.1. The van der Waals surface area contributed by atoms with Gasteiger partial charge in [-0.3, -0.25) is 4.79 Å². The number of nitrogens with two attached hydrogens (primary N) is 1. The Morgan fingerprint density at radius 2 is 1.58 bits per heavy atom. The molecule has 1 unspecified atom stereocenters. The first-order valence-electron chi connectivity index (χ1n) is 10.5. The molecule has 0 spiro atoms. The van der Waals surface area contributed by atoms with Crippen molar-refractivity contribution in [2.24, 2.45) is 5.73 Å². The second-order valence-corrected chi connectivity index (χ2v) is 7.63. The number of nitrogens with one attached hydrogen (secondary N) is 1. The van der Waals surface area contributed by atoms with Gasteiger partial charge in [0.25, 0.3) is 0 Å². The van der Waals surface area contributed by atoms with Crippen LogP contribution in [0.3, 0.4) is 0 Å². The Morgan fingerprint density at radius 3 is 2.15 bits per heavy atom. The van der Waals surface area contributed by atoms with E-state index in [0.717, 1.165) is 35.7 Å². The first-order chi connectivity index (χ1) is 12.6. The molecular formula is C21H36N4O. The van der Waals surface area contributed by atoms with Crippen molar-refractivity contribution in [3.8, 4) is 0 Å². The topological polar surface area (TPSA) is 80.9 Å². The number of anilines is 1. The Hall–Kier alpha value is -1.65. The summed E-state index contributed by atoms with van der Waals surface area (Å²) in [4.78, 5) is 20.5. The van der Waals surface area contributed by atoms with Crippen LogP contribution < -0.4 is 11.1 Å². The van der Waals surface area contributed by atoms with E-state index in [1.165, 1.54) is 64.2 Å². The average Bonchev–Trinajstić information content (AvgIpc) is 3.04. The highest BCUT2D eigenvalue weighted by Gasteiger charge is 2.28. The second kappa shape index (κ2) is 11.1. The lowest BCUT2D eigenvalue weighted by molar-refractivity contribution is -0.118. The van der Waals surface area contributed by atoms with Gasteiger partial charge in [0.1, 0.15) is 17.7 Å². The summed E-state index contributed by atoms with van der Waals surface area (Å²) in [6.45, 7) is 4.17. The zero-order chi connectivity index (χ0) is 18.8. The SMILES string of the molecule is CCCCCCCCCCCCCc1nc(C)nc2c1CC(C(N)=O)N2. The summed E-state index contributed by atoms with van der Waals surface area (Å²) in [5.41, 5.74) is 7.62. The first kappa shape index (κ1) is 20.7. The molecule has 1 atom stereocenters. The van der Waals surface area contributed by atoms with Gasteiger partial charge in [-0.05, 0) is 19.8 Å². The lowest BCUT2D eigenvalue weighted by Gasteiger charge is -2.08. The molecule has 2 rings (SSSR count). The highest BCUT2D eigenvalue weighted by molar-refractivity contribution is 5.85. The van der Waals surface area contributed by atoms with Crippen molar-refractivity contribution in [2.45, 2.75) is 103 Å². The highest BCUT2D eigenvalue weighted by Crippen LogP contribution is 2.27. The third-order valence-corrected chi connectivity index (χ3v) is 5.28. The summed E-state index contributed by atoms with van der Waals surface area (Å²) < 4.78 is 0. The standard InChI is InChI=1S/C21H36N4O/c1-3-4-5-6-7-8-9-10-11-12-13-14-18-17-15-19(20(22)26)25-21(17)24-16(2)23-18/h19H,3-15H2,1-2H3,(H2,22,26)(H,23,24,25). The Labute approximate surface area is 158 Å². The second-order valence-electron chi connectivity index (χ2n) is 7.63. The lowest BCUT2D eigenvalue weighted by atomic mass is 10.0. The lowest BCUT2D eigenvalue weighted by Crippen LogP contribution is -2.33. The zero-order valence-corrected chi connectivity index (χ0v) is 16.6. The average molecular weight is 361 g/mol. The molecule has 1 aliphatic rings. The minimum absolute atomic E-state index is 0.318. The van der Waals surface area contributed by atoms with Crippen LogP contribution in [0.4, 0.5) is 5.82 Å². The van der Waals surface area contributed by atoms with Crippen LogP contribution in [0.2, 0.25) is 0 Å². The fraction of sp³-hybridized carbons (Fsp3) is 0.762. The third kappa shape index (κ3) is 6.58. The van der Waals surface area contributed by atoms with Gasteiger partial charge in [-0.15, -0.1) is 0 Å². The number of aromatic nitrogens is 2. The zero-order valence-electron chi connectivity index (χ0n) is 16.6. The number of aryl methyl sites for hydroxylation is 2. The number of unbranched alkanes of at least 4 members (excludes halogenated alkanes) is 10. The number of carbonyl (C=O) groups excluding carboxylic acids is 1. The number of fused-ring (bicyclic) bond motifs is 1. The van der Waals surface area contributed by atoms with E-state index in [9.17, 15) is 4.79 Å². The van der Waals surface area contributed by atoms with Crippen molar-refractivity contribution in [3.05, 3.63) is 17.1 Å². The van der Waals surface area contributed by atoms with Crippen molar-refractivity contribution in [2.75, 3.05) is 5.32 Å². The van der Waals surface area contributed by atoms with E-state index in [2.05, 4.69) is 22.2 Å². The first-order valence-corrected chi connectivity index (χ1v) is 10.5. The van der Waals surface area contributed by atoms with Crippen molar-refractivity contribution >= 4 is 11.7 Å². The van der Waals surface area contributed by atoms with E-state index >= 15 is 0 Å². The maximum atomic E-state index is 11.4. The molecule has 0 bridgehead atoms. The number of rotatable bonds is 13. The molecule has 5 heteroatoms. The van der Waals surface area contributed by atoms with Gasteiger partial charge in [0.05, 0.1) is 0 Å². The van der Waals surface area contributed by atoms with Gasteiger partial charge < -0.3 is 11.1 Å². The summed E-state index contributed by atoms with van der Waals surface area (Å²) >= 11 is 0. The molecule has 146 valence electrons. The van der Waals surface area contributed by atoms with Crippen LogP contribution in [-0.2, 0) is 17.6 Å². The molecule has 5 nitrogen and oxygen atoms in total. The minimum atomic E-state index is -0.336. The Bertz CT molecular complexity index is 573. The van der Waals surface area contributed by atoms with Crippen LogP contribution in [0.1, 0.15) is 94.6 Å². The summed E-state index contributed by atoms with van der Waals surface area (Å²) in [5, 5.41) is 3.13. The number of amides is 1. The molecule has 26 heavy (non-hydrogen) atoms. The van der Waals surface area contributed by atoms with Crippen molar-refractivity contribution in [1.29, 1.82) is 0 Å². The molecule has 0 saturated carbocycles. The van der Waals surface area contributed by atoms with Crippen LogP contribution in [0.5, 0.6) is 0 Å². The summed E-state index contributed by atoms with van der Waals surface area (Å²) in [6, 6.07) is -0.336. The summed E-state index contributed by atoms with van der Waals surface area (Å²) in [6.07, 6.45) is 16.4. The number of hydrogen-bond donors (Lipinski definition) is 2. The predicted octanol–water partition coefficient (Wildman–Crippen LogP) is 4.46. The molecule has 3 N–H and O–H groups in total. The molecule has 0 aliphatic carbocycles. The van der Waals surface area contributed by atoms with Gasteiger partial charge in [0.2, 0.25) is 5.91 Å². The molecule has 0 saturated heterocycles. The summed E-state index contributed by atoms with van der Waals surface area (Å²) in [5.74, 6) is 1.25. The molecular weight excluding hydrogens is 324 g/mol. The van der Waals surface area contributed by atoms with Crippen molar-refractivity contribution in [3.63, 3.8) is 0 Å². The van der Waals surface area contributed by atoms with E-state index in [4.69, 9.17) is 5.73 Å². The maximum absolute atomic E-state index is 11.4. The minimum Gasteiger partial charge on any atom is -0.368 e. The van der Waals surface area contributed by atoms with Gasteiger partial charge in [0, 0.05) is 17.7 Å². The van der Waals surface area contributed by atoms with Gasteiger partial charge in [-0.1, -0.05) is 71.1 Å². The van der Waals surface area contributed by atoms with E-state index in [0.29, 0.717) is 6.42 Å². The molecule has 0 aromatic carbocycles. The van der Waals surface area contributed by atoms with Gasteiger partial charge in [-0.25, -0.2) is 9.97 Å². The number of hydrogen-bond acceptors (Lipinski definition) is 4. The van der Waals surface area contributed by atoms with Gasteiger partial charge >= 0.3 is 0 Å². The van der Waals surface area contributed by atoms with E-state index < -0.39 is 0 Å². The Morgan fingerprint density at radius 1 is 1.00 bits per heavy atom. The van der Waals surface area contributed by atoms with Crippen LogP contribution in [0.25, 0.3) is 0 Å². The number of carbonyl (C=O) groups is 1. The van der Waals surface area contributed by atoms with E-state index in [1.807, 2.05) is 6.92 Å². The van der Waals surface area contributed by atoms with Crippen molar-refractivity contribution < 1.29 is 4.79 Å². The molecule has 1 aromatic heterocycles. The molecule has 0 fully saturated rings. The predicted molar refractivity (Wildman–Crippen MR) is 107 cm³/mol. The van der Waals surface area contributed by atoms with E-state index in [-0.39, 0.29) is 11.9 Å². The molecule has 1 amide bonds. The summed E-state index contributed by atoms with van der Waals surface area (Å²) in [7, 11) is 0. The number of nitrogens with zero attached hydrogens (tertiary/aromatic N) is 2. The molecule has 1 aliphatic heterocycles. The largest absolute Gasteiger partial charge is 0.368 e. The molecule has 1 aromatic rings. The smallest absolute Gasteiger partial charge is 0.240 e. The van der Waals surface area contributed by atoms with Crippen LogP contribution in [0, 0.1) is 6.92 Å². The van der Waals surface area contributed by atoms with Crippen LogP contribution in [-0.4, -0.2) is 21.9 Å². The fourth-order valence-electron chi connectivity index (χ4n) is 3.74. The quantitative estimate of drug-likeness (QED) is 0.509. The molecule has 0 radical (unpaired) electrons. The van der Waals surface area contributed by atoms with Crippen LogP contribution in [0.15, 0.2) is 0 Å². The van der Waals surface area contributed by atoms with Crippen LogP contribution >= 0.6 is 0 Å². The maximum Gasteiger partial charge on any atom is 0.240 e. The third-order valence-electron chi connectivity index (χ3n) is 5.28. The Kier molecular flexibility index (Phi) is 8.86. The van der Waals surface area contributed by atoms with E-state index in [1.54, 1.807) is 0 Å².